The van der Waals surface area contributed by atoms with Gasteiger partial charge < -0.3 is 25.3 Å². The number of fused-ring (bicyclic) bond motifs is 1. The van der Waals surface area contributed by atoms with Gasteiger partial charge in [0.1, 0.15) is 29.8 Å². The number of amides is 4. The first-order valence-corrected chi connectivity index (χ1v) is 22.8. The van der Waals surface area contributed by atoms with Crippen LogP contribution in [0.3, 0.4) is 0 Å². The molecule has 10 nitrogen and oxygen atoms in total. The van der Waals surface area contributed by atoms with Crippen molar-refractivity contribution in [1.29, 1.82) is 0 Å². The molecule has 57 heavy (non-hydrogen) atoms. The molecule has 3 N–H and O–H groups in total. The van der Waals surface area contributed by atoms with E-state index in [1.54, 1.807) is 4.90 Å². The molecule has 3 fully saturated rings. The summed E-state index contributed by atoms with van der Waals surface area (Å²) in [5.41, 5.74) is -0.261. The van der Waals surface area contributed by atoms with Crippen LogP contribution >= 0.6 is 0 Å². The molecule has 2 heterocycles. The van der Waals surface area contributed by atoms with Gasteiger partial charge in [0.2, 0.25) is 23.6 Å². The van der Waals surface area contributed by atoms with Crippen LogP contribution in [0.25, 0.3) is 0 Å². The van der Waals surface area contributed by atoms with Crippen molar-refractivity contribution in [2.75, 3.05) is 6.54 Å². The Bertz CT molecular complexity index is 1820. The van der Waals surface area contributed by atoms with E-state index >= 15 is 0 Å². The first kappa shape index (κ1) is 42.0. The van der Waals surface area contributed by atoms with Gasteiger partial charge in [0, 0.05) is 19.4 Å². The van der Waals surface area contributed by atoms with Crippen molar-refractivity contribution >= 4 is 48.1 Å². The molecular weight excluding hydrogens is 733 g/mol. The van der Waals surface area contributed by atoms with Gasteiger partial charge in [-0.15, -0.1) is 0 Å². The monoisotopic (exact) mass is 792 g/mol. The molecular formula is C46H60N4O6Si. The summed E-state index contributed by atoms with van der Waals surface area (Å²) < 4.78 is 7.04. The lowest BCUT2D eigenvalue weighted by Gasteiger charge is -2.44. The number of hydrogen-bond acceptors (Lipinski definition) is 6. The second-order valence-electron chi connectivity index (χ2n) is 17.2. The van der Waals surface area contributed by atoms with E-state index < -0.39 is 38.1 Å². The molecule has 0 unspecified atom stereocenters. The molecule has 4 atom stereocenters. The zero-order valence-corrected chi connectivity index (χ0v) is 35.1. The molecule has 0 aromatic heterocycles. The van der Waals surface area contributed by atoms with Crippen molar-refractivity contribution in [1.82, 2.24) is 20.9 Å². The quantitative estimate of drug-likeness (QED) is 0.163. The fourth-order valence-electron chi connectivity index (χ4n) is 9.15. The van der Waals surface area contributed by atoms with E-state index in [1.807, 2.05) is 73.7 Å². The van der Waals surface area contributed by atoms with E-state index in [9.17, 15) is 24.0 Å². The summed E-state index contributed by atoms with van der Waals surface area (Å²) in [6.45, 7) is 8.85. The molecule has 4 amide bonds. The third kappa shape index (κ3) is 9.41. The molecule has 3 aromatic rings. The largest absolute Gasteiger partial charge is 0.398 e. The second-order valence-corrected chi connectivity index (χ2v) is 21.5. The normalized spacial score (nSPS) is 22.2. The molecule has 2 saturated heterocycles. The molecule has 0 radical (unpaired) electrons. The van der Waals surface area contributed by atoms with Gasteiger partial charge in [-0.25, -0.2) is 0 Å². The average molecular weight is 793 g/mol. The summed E-state index contributed by atoms with van der Waals surface area (Å²) in [4.78, 5) is 71.5. The zero-order chi connectivity index (χ0) is 40.6. The fraction of sp³-hybridized carbons (Fsp3) is 0.500. The van der Waals surface area contributed by atoms with Crippen LogP contribution in [0.4, 0.5) is 0 Å². The van der Waals surface area contributed by atoms with E-state index in [2.05, 4.69) is 61.0 Å². The minimum absolute atomic E-state index is 0.0331. The van der Waals surface area contributed by atoms with E-state index in [-0.39, 0.29) is 40.9 Å². The van der Waals surface area contributed by atoms with Crippen molar-refractivity contribution in [3.63, 3.8) is 0 Å². The van der Waals surface area contributed by atoms with Gasteiger partial charge in [-0.2, -0.15) is 0 Å². The highest BCUT2D eigenvalue weighted by Gasteiger charge is 2.52. The van der Waals surface area contributed by atoms with Gasteiger partial charge in [0.15, 0.2) is 5.78 Å². The van der Waals surface area contributed by atoms with E-state index in [1.165, 1.54) is 0 Å². The molecule has 11 heteroatoms. The lowest BCUT2D eigenvalue weighted by molar-refractivity contribution is -0.144. The van der Waals surface area contributed by atoms with Crippen LogP contribution in [-0.4, -0.2) is 78.9 Å². The molecule has 0 bridgehead atoms. The Morgan fingerprint density at radius 2 is 1.39 bits per heavy atom. The highest BCUT2D eigenvalue weighted by molar-refractivity contribution is 6.99. The van der Waals surface area contributed by atoms with Crippen LogP contribution in [0.5, 0.6) is 0 Å². The molecule has 2 aliphatic heterocycles. The van der Waals surface area contributed by atoms with Crippen molar-refractivity contribution in [2.24, 2.45) is 0 Å². The lowest BCUT2D eigenvalue weighted by atomic mass is 9.93. The topological polar surface area (TPSA) is 134 Å². The molecule has 3 aliphatic rings. The van der Waals surface area contributed by atoms with Gasteiger partial charge in [0.05, 0.1) is 0 Å². The van der Waals surface area contributed by atoms with Gasteiger partial charge in [-0.1, -0.05) is 137 Å². The van der Waals surface area contributed by atoms with Crippen LogP contribution in [0.2, 0.25) is 5.04 Å². The average Bonchev–Trinajstić information content (AvgIpc) is 3.90. The fourth-order valence-corrected chi connectivity index (χ4v) is 13.8. The predicted molar refractivity (Wildman–Crippen MR) is 224 cm³/mol. The van der Waals surface area contributed by atoms with Crippen molar-refractivity contribution < 1.29 is 28.4 Å². The first-order chi connectivity index (χ1) is 27.3. The third-order valence-electron chi connectivity index (χ3n) is 12.3. The maximum absolute atomic E-state index is 14.1. The van der Waals surface area contributed by atoms with Crippen LogP contribution in [-0.2, 0) is 34.8 Å². The predicted octanol–water partition coefficient (Wildman–Crippen LogP) is 5.12. The Morgan fingerprint density at radius 3 is 1.98 bits per heavy atom. The van der Waals surface area contributed by atoms with Crippen molar-refractivity contribution in [3.05, 3.63) is 96.6 Å². The number of carbonyl (C=O) groups is 5. The number of carbonyl (C=O) groups excluding carboxylic acids is 5. The number of unbranched alkanes of at least 4 members (excludes halogenated alkanes) is 2. The van der Waals surface area contributed by atoms with E-state index in [0.717, 1.165) is 28.8 Å². The second kappa shape index (κ2) is 18.3. The summed E-state index contributed by atoms with van der Waals surface area (Å²) >= 11 is 0. The molecule has 6 rings (SSSR count). The number of Topliss-reactive ketones (excluding diaryl/α,β-unsaturated/α-hetero) is 1. The van der Waals surface area contributed by atoms with Crippen LogP contribution in [0, 0.1) is 0 Å². The molecule has 3 aromatic carbocycles. The highest BCUT2D eigenvalue weighted by atomic mass is 28.4. The number of benzene rings is 3. The first-order valence-electron chi connectivity index (χ1n) is 20.9. The van der Waals surface area contributed by atoms with Gasteiger partial charge in [-0.3, -0.25) is 24.0 Å². The molecule has 1 aliphatic carbocycles. The van der Waals surface area contributed by atoms with Crippen LogP contribution in [0.15, 0.2) is 91.0 Å². The number of rotatable bonds is 13. The van der Waals surface area contributed by atoms with Gasteiger partial charge in [-0.05, 0) is 66.4 Å². The van der Waals surface area contributed by atoms with E-state index in [0.29, 0.717) is 64.3 Å². The standard InChI is InChI=1S/C46H60N4O6Si/c1-33(56-57(45(2,3)4,35-22-11-6-12-23-35)36-24-13-7-14-25-36)40(51)28-16-8-15-26-37-41(52)49-46(29-17-18-30-46)44(55)48-38(32-34-20-9-5-10-21-34)43(54)50-31-19-27-39(50)42(53)47-37/h5-7,9-14,20-25,33,37-39H,8,15-19,26-32H2,1-4H3,(H,47,53)(H,48,55)(H,49,52)/t33-,37-,38-,39+/m0/s1. The lowest BCUT2D eigenvalue weighted by Crippen LogP contribution is -2.68. The van der Waals surface area contributed by atoms with Crippen molar-refractivity contribution in [2.45, 2.75) is 140 Å². The smallest absolute Gasteiger partial charge is 0.262 e. The third-order valence-corrected chi connectivity index (χ3v) is 17.4. The van der Waals surface area contributed by atoms with Crippen LogP contribution in [0.1, 0.15) is 104 Å². The summed E-state index contributed by atoms with van der Waals surface area (Å²) in [7, 11) is -2.90. The van der Waals surface area contributed by atoms with Crippen LogP contribution < -0.4 is 26.3 Å². The minimum Gasteiger partial charge on any atom is -0.398 e. The van der Waals surface area contributed by atoms with Gasteiger partial charge in [0.25, 0.3) is 8.32 Å². The SMILES string of the molecule is C[C@H](O[Si](c1ccccc1)(c1ccccc1)C(C)(C)C)C(=O)CCCCC[C@@H]1NC(=O)[C@H]2CCCN2C(=O)[C@H](Cc2ccccc2)NC(=O)C2(CCCC2)NC1=O. The summed E-state index contributed by atoms with van der Waals surface area (Å²) in [6, 6.07) is 27.6. The Balaban J connectivity index is 1.12. The summed E-state index contributed by atoms with van der Waals surface area (Å²) in [6.07, 6.45) is 5.78. The van der Waals surface area contributed by atoms with E-state index in [4.69, 9.17) is 4.43 Å². The van der Waals surface area contributed by atoms with Gasteiger partial charge >= 0.3 is 0 Å². The Labute approximate surface area is 339 Å². The maximum Gasteiger partial charge on any atom is 0.262 e. The number of nitrogens with one attached hydrogen (secondary N) is 3. The summed E-state index contributed by atoms with van der Waals surface area (Å²) in [5, 5.41) is 11.1. The maximum atomic E-state index is 14.1. The number of nitrogens with zero attached hydrogens (tertiary/aromatic N) is 1. The molecule has 1 saturated carbocycles. The molecule has 304 valence electrons. The number of hydrogen-bond donors (Lipinski definition) is 3. The summed E-state index contributed by atoms with van der Waals surface area (Å²) in [5.74, 6) is -1.34. The molecule has 1 spiro atoms. The number of ketones is 1. The minimum atomic E-state index is -2.90. The Morgan fingerprint density at radius 1 is 0.789 bits per heavy atom. The Hall–Kier alpha value is -4.61. The van der Waals surface area contributed by atoms with Crippen molar-refractivity contribution in [3.8, 4) is 0 Å². The highest BCUT2D eigenvalue weighted by Crippen LogP contribution is 2.38. The zero-order valence-electron chi connectivity index (χ0n) is 34.1. The Kier molecular flexibility index (Phi) is 13.5.